The number of nitrogens with one attached hydrogen (secondary N) is 1. The molecule has 1 aromatic carbocycles. The van der Waals surface area contributed by atoms with Gasteiger partial charge >= 0.3 is 0 Å². The van der Waals surface area contributed by atoms with E-state index < -0.39 is 0 Å². The minimum Gasteiger partial charge on any atom is -0.316 e. The van der Waals surface area contributed by atoms with Gasteiger partial charge in [-0.3, -0.25) is 0 Å². The minimum atomic E-state index is -0.182. The number of likely N-dealkylation sites (N-methyl/N-ethyl adjacent to an activating group) is 1. The van der Waals surface area contributed by atoms with Crippen LogP contribution in [0, 0.1) is 11.7 Å². The fourth-order valence-electron chi connectivity index (χ4n) is 1.65. The fraction of sp³-hybridized carbons (Fsp3) is 0.500. The highest BCUT2D eigenvalue weighted by Gasteiger charge is 2.12. The van der Waals surface area contributed by atoms with Crippen LogP contribution in [0.25, 0.3) is 0 Å². The Kier molecular flexibility index (Phi) is 4.74. The van der Waals surface area contributed by atoms with Crippen molar-refractivity contribution >= 4 is 15.9 Å². The van der Waals surface area contributed by atoms with Crippen molar-refractivity contribution < 1.29 is 4.39 Å². The lowest BCUT2D eigenvalue weighted by atomic mass is 9.97. The van der Waals surface area contributed by atoms with E-state index in [1.165, 1.54) is 6.07 Å². The molecule has 0 aliphatic heterocycles. The molecule has 1 unspecified atom stereocenters. The molecule has 3 heteroatoms. The van der Waals surface area contributed by atoms with Crippen molar-refractivity contribution in [2.75, 3.05) is 7.05 Å². The molecule has 0 radical (unpaired) electrons. The molecule has 1 aromatic rings. The third-order valence-electron chi connectivity index (χ3n) is 2.55. The zero-order chi connectivity index (χ0) is 11.4. The van der Waals surface area contributed by atoms with Crippen LogP contribution in [0.4, 0.5) is 4.39 Å². The van der Waals surface area contributed by atoms with Gasteiger partial charge < -0.3 is 5.32 Å². The van der Waals surface area contributed by atoms with Crippen LogP contribution >= 0.6 is 15.9 Å². The summed E-state index contributed by atoms with van der Waals surface area (Å²) in [6.07, 6.45) is 0.852. The van der Waals surface area contributed by atoms with Crippen LogP contribution < -0.4 is 5.32 Å². The summed E-state index contributed by atoms with van der Waals surface area (Å²) in [5.41, 5.74) is 1.02. The van der Waals surface area contributed by atoms with Crippen LogP contribution in [0.3, 0.4) is 0 Å². The SMILES string of the molecule is CNC(Cc1cc(F)cc(Br)c1)C(C)C. The normalized spacial score (nSPS) is 13.2. The molecule has 1 N–H and O–H groups in total. The highest BCUT2D eigenvalue weighted by molar-refractivity contribution is 9.10. The van der Waals surface area contributed by atoms with E-state index >= 15 is 0 Å². The quantitative estimate of drug-likeness (QED) is 0.887. The van der Waals surface area contributed by atoms with E-state index in [9.17, 15) is 4.39 Å². The largest absolute Gasteiger partial charge is 0.316 e. The molecule has 0 heterocycles. The van der Waals surface area contributed by atoms with Gasteiger partial charge in [0.25, 0.3) is 0 Å². The summed E-state index contributed by atoms with van der Waals surface area (Å²) in [7, 11) is 1.94. The molecule has 0 saturated carbocycles. The van der Waals surface area contributed by atoms with E-state index in [1.54, 1.807) is 6.07 Å². The first-order chi connectivity index (χ1) is 7.02. The van der Waals surface area contributed by atoms with Gasteiger partial charge in [-0.05, 0) is 43.1 Å². The van der Waals surface area contributed by atoms with Crippen LogP contribution in [-0.2, 0) is 6.42 Å². The second-order valence-corrected chi connectivity index (χ2v) is 5.04. The van der Waals surface area contributed by atoms with Gasteiger partial charge in [0.15, 0.2) is 0 Å². The Morgan fingerprint density at radius 1 is 1.33 bits per heavy atom. The van der Waals surface area contributed by atoms with Crippen molar-refractivity contribution in [1.82, 2.24) is 5.32 Å². The summed E-state index contributed by atoms with van der Waals surface area (Å²) < 4.78 is 13.9. The van der Waals surface area contributed by atoms with E-state index in [2.05, 4.69) is 35.1 Å². The lowest BCUT2D eigenvalue weighted by molar-refractivity contribution is 0.424. The van der Waals surface area contributed by atoms with Crippen LogP contribution in [-0.4, -0.2) is 13.1 Å². The molecule has 84 valence electrons. The second-order valence-electron chi connectivity index (χ2n) is 4.12. The maximum absolute atomic E-state index is 13.1. The van der Waals surface area contributed by atoms with Crippen LogP contribution in [0.5, 0.6) is 0 Å². The van der Waals surface area contributed by atoms with Crippen molar-refractivity contribution in [2.24, 2.45) is 5.92 Å². The lowest BCUT2D eigenvalue weighted by Crippen LogP contribution is -2.32. The maximum Gasteiger partial charge on any atom is 0.124 e. The van der Waals surface area contributed by atoms with Gasteiger partial charge in [-0.15, -0.1) is 0 Å². The van der Waals surface area contributed by atoms with Crippen LogP contribution in [0.1, 0.15) is 19.4 Å². The highest BCUT2D eigenvalue weighted by Crippen LogP contribution is 2.17. The smallest absolute Gasteiger partial charge is 0.124 e. The predicted octanol–water partition coefficient (Wildman–Crippen LogP) is 3.37. The summed E-state index contributed by atoms with van der Waals surface area (Å²) in [6, 6.07) is 5.43. The van der Waals surface area contributed by atoms with E-state index in [4.69, 9.17) is 0 Å². The van der Waals surface area contributed by atoms with E-state index in [-0.39, 0.29) is 5.82 Å². The first-order valence-corrected chi connectivity index (χ1v) is 5.94. The molecule has 1 nitrogen and oxygen atoms in total. The van der Waals surface area contributed by atoms with Crippen molar-refractivity contribution in [3.05, 3.63) is 34.1 Å². The number of halogens is 2. The molecule has 0 aliphatic carbocycles. The second kappa shape index (κ2) is 5.61. The van der Waals surface area contributed by atoms with Gasteiger partial charge in [-0.1, -0.05) is 29.8 Å². The Balaban J connectivity index is 2.79. The Morgan fingerprint density at radius 2 is 2.00 bits per heavy atom. The van der Waals surface area contributed by atoms with Gasteiger partial charge in [0, 0.05) is 10.5 Å². The molecule has 0 aromatic heterocycles. The molecule has 1 atom stereocenters. The molecule has 0 fully saturated rings. The Hall–Kier alpha value is -0.410. The summed E-state index contributed by atoms with van der Waals surface area (Å²) >= 11 is 3.30. The first-order valence-electron chi connectivity index (χ1n) is 5.15. The van der Waals surface area contributed by atoms with Crippen LogP contribution in [0.15, 0.2) is 22.7 Å². The maximum atomic E-state index is 13.1. The molecule has 15 heavy (non-hydrogen) atoms. The summed E-state index contributed by atoms with van der Waals surface area (Å²) in [4.78, 5) is 0. The number of benzene rings is 1. The van der Waals surface area contributed by atoms with Crippen molar-refractivity contribution in [3.63, 3.8) is 0 Å². The molecule has 1 rings (SSSR count). The number of rotatable bonds is 4. The summed E-state index contributed by atoms with van der Waals surface area (Å²) in [5, 5.41) is 3.25. The number of hydrogen-bond acceptors (Lipinski definition) is 1. The van der Waals surface area contributed by atoms with Crippen molar-refractivity contribution in [2.45, 2.75) is 26.3 Å². The molecule has 0 spiro atoms. The topological polar surface area (TPSA) is 12.0 Å². The van der Waals surface area contributed by atoms with E-state index in [0.717, 1.165) is 16.5 Å². The van der Waals surface area contributed by atoms with Gasteiger partial charge in [-0.25, -0.2) is 4.39 Å². The molecule has 0 aliphatic rings. The summed E-state index contributed by atoms with van der Waals surface area (Å²) in [6.45, 7) is 4.32. The Labute approximate surface area is 99.2 Å². The average Bonchev–Trinajstić information content (AvgIpc) is 2.12. The zero-order valence-electron chi connectivity index (χ0n) is 9.35. The van der Waals surface area contributed by atoms with Gasteiger partial charge in [0.2, 0.25) is 0 Å². The van der Waals surface area contributed by atoms with E-state index in [0.29, 0.717) is 12.0 Å². The highest BCUT2D eigenvalue weighted by atomic mass is 79.9. The third-order valence-corrected chi connectivity index (χ3v) is 3.01. The predicted molar refractivity (Wildman–Crippen MR) is 65.5 cm³/mol. The third kappa shape index (κ3) is 3.92. The van der Waals surface area contributed by atoms with Gasteiger partial charge in [0.05, 0.1) is 0 Å². The van der Waals surface area contributed by atoms with Crippen LogP contribution in [0.2, 0.25) is 0 Å². The Morgan fingerprint density at radius 3 is 2.47 bits per heavy atom. The fourth-order valence-corrected chi connectivity index (χ4v) is 2.17. The molecular weight excluding hydrogens is 257 g/mol. The zero-order valence-corrected chi connectivity index (χ0v) is 10.9. The van der Waals surface area contributed by atoms with Crippen molar-refractivity contribution in [3.8, 4) is 0 Å². The lowest BCUT2D eigenvalue weighted by Gasteiger charge is -2.20. The molecule has 0 bridgehead atoms. The molecule has 0 amide bonds. The first kappa shape index (κ1) is 12.7. The molecule has 0 saturated heterocycles. The standard InChI is InChI=1S/C12H17BrFN/c1-8(2)12(15-3)6-9-4-10(13)7-11(14)5-9/h4-5,7-8,12,15H,6H2,1-3H3. The number of hydrogen-bond donors (Lipinski definition) is 1. The van der Waals surface area contributed by atoms with Crippen molar-refractivity contribution in [1.29, 1.82) is 0 Å². The Bertz CT molecular complexity index is 305. The summed E-state index contributed by atoms with van der Waals surface area (Å²) in [5.74, 6) is 0.357. The van der Waals surface area contributed by atoms with E-state index in [1.807, 2.05) is 13.1 Å². The monoisotopic (exact) mass is 273 g/mol. The van der Waals surface area contributed by atoms with Gasteiger partial charge in [0.1, 0.15) is 5.82 Å². The van der Waals surface area contributed by atoms with Gasteiger partial charge in [-0.2, -0.15) is 0 Å². The average molecular weight is 274 g/mol. The molecular formula is C12H17BrFN. The minimum absolute atomic E-state index is 0.182.